The molecule has 0 aromatic carbocycles. The lowest BCUT2D eigenvalue weighted by molar-refractivity contribution is -0.120. The third-order valence-corrected chi connectivity index (χ3v) is 2.38. The Morgan fingerprint density at radius 1 is 1.70 bits per heavy atom. The lowest BCUT2D eigenvalue weighted by atomic mass is 9.95. The number of hydrogen-bond acceptors (Lipinski definition) is 2. The summed E-state index contributed by atoms with van der Waals surface area (Å²) in [5, 5.41) is 0. The van der Waals surface area contributed by atoms with Crippen LogP contribution in [0.4, 0.5) is 0 Å². The third-order valence-electron chi connectivity index (χ3n) is 2.38. The average molecular weight is 140 g/mol. The van der Waals surface area contributed by atoms with Gasteiger partial charge in [0.15, 0.2) is 0 Å². The molecule has 0 aromatic heterocycles. The molecule has 1 fully saturated rings. The van der Waals surface area contributed by atoms with Gasteiger partial charge >= 0.3 is 0 Å². The zero-order valence-electron chi connectivity index (χ0n) is 6.17. The molecule has 2 atom stereocenters. The predicted octanol–water partition coefficient (Wildman–Crippen LogP) is 1.19. The normalized spacial score (nSPS) is 32.7. The second kappa shape index (κ2) is 2.95. The number of carbonyl (C=O) groups excluding carboxylic acids is 2. The van der Waals surface area contributed by atoms with Gasteiger partial charge in [0.25, 0.3) is 0 Å². The lowest BCUT2D eigenvalue weighted by Crippen LogP contribution is -2.10. The molecular weight excluding hydrogens is 128 g/mol. The largest absolute Gasteiger partial charge is 0.303 e. The molecule has 10 heavy (non-hydrogen) atoms. The van der Waals surface area contributed by atoms with E-state index in [4.69, 9.17) is 0 Å². The van der Waals surface area contributed by atoms with Crippen LogP contribution >= 0.6 is 0 Å². The van der Waals surface area contributed by atoms with E-state index in [0.29, 0.717) is 24.5 Å². The van der Waals surface area contributed by atoms with Gasteiger partial charge in [0, 0.05) is 18.8 Å². The topological polar surface area (TPSA) is 34.1 Å². The molecule has 0 aliphatic heterocycles. The van der Waals surface area contributed by atoms with E-state index in [1.165, 1.54) is 0 Å². The van der Waals surface area contributed by atoms with Crippen LogP contribution in [0.1, 0.15) is 26.2 Å². The highest BCUT2D eigenvalue weighted by Gasteiger charge is 2.29. The van der Waals surface area contributed by atoms with Gasteiger partial charge in [-0.1, -0.05) is 6.92 Å². The molecular formula is C8H12O2. The Kier molecular flexibility index (Phi) is 2.20. The van der Waals surface area contributed by atoms with Crippen molar-refractivity contribution >= 4 is 12.1 Å². The van der Waals surface area contributed by atoms with Gasteiger partial charge in [-0.15, -0.1) is 0 Å². The van der Waals surface area contributed by atoms with Crippen LogP contribution in [-0.2, 0) is 9.59 Å². The fraction of sp³-hybridized carbons (Fsp3) is 0.750. The van der Waals surface area contributed by atoms with Gasteiger partial charge in [0.05, 0.1) is 0 Å². The monoisotopic (exact) mass is 140 g/mol. The van der Waals surface area contributed by atoms with Crippen molar-refractivity contribution in [3.63, 3.8) is 0 Å². The molecule has 0 spiro atoms. The van der Waals surface area contributed by atoms with Crippen molar-refractivity contribution in [1.29, 1.82) is 0 Å². The predicted molar refractivity (Wildman–Crippen MR) is 37.6 cm³/mol. The van der Waals surface area contributed by atoms with Gasteiger partial charge < -0.3 is 4.79 Å². The second-order valence-electron chi connectivity index (χ2n) is 2.96. The van der Waals surface area contributed by atoms with E-state index < -0.39 is 0 Å². The summed E-state index contributed by atoms with van der Waals surface area (Å²) in [7, 11) is 0. The number of ketones is 1. The van der Waals surface area contributed by atoms with Crippen molar-refractivity contribution in [3.8, 4) is 0 Å². The summed E-state index contributed by atoms with van der Waals surface area (Å²) in [6.45, 7) is 1.92. The van der Waals surface area contributed by atoms with E-state index in [2.05, 4.69) is 0 Å². The standard InChI is InChI=1S/C8H12O2/c1-6-7(4-5-9)2-3-8(6)10/h5-7H,2-4H2,1H3. The summed E-state index contributed by atoms with van der Waals surface area (Å²) in [4.78, 5) is 21.0. The maximum atomic E-state index is 10.9. The molecule has 2 nitrogen and oxygen atoms in total. The number of hydrogen-bond donors (Lipinski definition) is 0. The van der Waals surface area contributed by atoms with Crippen molar-refractivity contribution in [2.24, 2.45) is 11.8 Å². The van der Waals surface area contributed by atoms with Crippen LogP contribution in [0.5, 0.6) is 0 Å². The molecule has 2 unspecified atom stereocenters. The highest BCUT2D eigenvalue weighted by molar-refractivity contribution is 5.83. The van der Waals surface area contributed by atoms with E-state index >= 15 is 0 Å². The second-order valence-corrected chi connectivity index (χ2v) is 2.96. The SMILES string of the molecule is CC1C(=O)CCC1CC=O. The molecule has 0 N–H and O–H groups in total. The van der Waals surface area contributed by atoms with Gasteiger partial charge in [-0.3, -0.25) is 4.79 Å². The Bertz CT molecular complexity index is 151. The lowest BCUT2D eigenvalue weighted by Gasteiger charge is -2.08. The minimum Gasteiger partial charge on any atom is -0.303 e. The van der Waals surface area contributed by atoms with Crippen LogP contribution in [0.2, 0.25) is 0 Å². The minimum atomic E-state index is 0.130. The summed E-state index contributed by atoms with van der Waals surface area (Å²) < 4.78 is 0. The summed E-state index contributed by atoms with van der Waals surface area (Å²) in [5.74, 6) is 0.794. The molecule has 0 radical (unpaired) electrons. The van der Waals surface area contributed by atoms with Crippen molar-refractivity contribution in [1.82, 2.24) is 0 Å². The molecule has 1 aliphatic carbocycles. The Balaban J connectivity index is 2.48. The molecule has 1 aliphatic rings. The molecule has 0 bridgehead atoms. The number of aldehydes is 1. The van der Waals surface area contributed by atoms with Crippen LogP contribution in [0, 0.1) is 11.8 Å². The fourth-order valence-electron chi connectivity index (χ4n) is 1.51. The van der Waals surface area contributed by atoms with E-state index in [9.17, 15) is 9.59 Å². The maximum Gasteiger partial charge on any atom is 0.136 e. The van der Waals surface area contributed by atoms with Crippen molar-refractivity contribution in [2.45, 2.75) is 26.2 Å². The van der Waals surface area contributed by atoms with Gasteiger partial charge in [-0.25, -0.2) is 0 Å². The van der Waals surface area contributed by atoms with Crippen molar-refractivity contribution in [2.75, 3.05) is 0 Å². The zero-order valence-corrected chi connectivity index (χ0v) is 6.17. The summed E-state index contributed by atoms with van der Waals surface area (Å²) in [5.41, 5.74) is 0. The highest BCUT2D eigenvalue weighted by atomic mass is 16.1. The van der Waals surface area contributed by atoms with Gasteiger partial charge in [0.1, 0.15) is 12.1 Å². The van der Waals surface area contributed by atoms with Crippen molar-refractivity contribution < 1.29 is 9.59 Å². The first-order valence-electron chi connectivity index (χ1n) is 3.72. The molecule has 0 amide bonds. The summed E-state index contributed by atoms with van der Waals surface area (Å²) >= 11 is 0. The Morgan fingerprint density at radius 3 is 2.80 bits per heavy atom. The molecule has 0 aromatic rings. The van der Waals surface area contributed by atoms with Crippen LogP contribution in [0.15, 0.2) is 0 Å². The first-order valence-corrected chi connectivity index (χ1v) is 3.72. The Labute approximate surface area is 60.6 Å². The maximum absolute atomic E-state index is 10.9. The number of Topliss-reactive ketones (excluding diaryl/α,β-unsaturated/α-hetero) is 1. The third kappa shape index (κ3) is 1.25. The molecule has 2 heteroatoms. The van der Waals surface area contributed by atoms with Gasteiger partial charge in [-0.2, -0.15) is 0 Å². The summed E-state index contributed by atoms with van der Waals surface area (Å²) in [6.07, 6.45) is 3.07. The fourth-order valence-corrected chi connectivity index (χ4v) is 1.51. The number of carbonyl (C=O) groups is 2. The molecule has 1 saturated carbocycles. The highest BCUT2D eigenvalue weighted by Crippen LogP contribution is 2.29. The van der Waals surface area contributed by atoms with Crippen LogP contribution in [-0.4, -0.2) is 12.1 Å². The van der Waals surface area contributed by atoms with Crippen molar-refractivity contribution in [3.05, 3.63) is 0 Å². The van der Waals surface area contributed by atoms with Crippen LogP contribution in [0.3, 0.4) is 0 Å². The van der Waals surface area contributed by atoms with Gasteiger partial charge in [-0.05, 0) is 12.3 Å². The zero-order chi connectivity index (χ0) is 7.56. The van der Waals surface area contributed by atoms with E-state index in [-0.39, 0.29) is 5.92 Å². The average Bonchev–Trinajstić information content (AvgIpc) is 2.20. The molecule has 0 saturated heterocycles. The molecule has 56 valence electrons. The quantitative estimate of drug-likeness (QED) is 0.540. The Morgan fingerprint density at radius 2 is 2.40 bits per heavy atom. The van der Waals surface area contributed by atoms with E-state index in [0.717, 1.165) is 12.7 Å². The van der Waals surface area contributed by atoms with Gasteiger partial charge in [0.2, 0.25) is 0 Å². The number of rotatable bonds is 2. The summed E-state index contributed by atoms with van der Waals surface area (Å²) in [6, 6.07) is 0. The molecule has 0 heterocycles. The first-order chi connectivity index (χ1) is 4.75. The Hall–Kier alpha value is -0.660. The van der Waals surface area contributed by atoms with Crippen LogP contribution < -0.4 is 0 Å². The first kappa shape index (κ1) is 7.45. The van der Waals surface area contributed by atoms with E-state index in [1.807, 2.05) is 6.92 Å². The minimum absolute atomic E-state index is 0.130. The van der Waals surface area contributed by atoms with E-state index in [1.54, 1.807) is 0 Å². The molecule has 1 rings (SSSR count). The smallest absolute Gasteiger partial charge is 0.136 e. The van der Waals surface area contributed by atoms with Crippen LogP contribution in [0.25, 0.3) is 0 Å².